The van der Waals surface area contributed by atoms with Crippen LogP contribution in [0.4, 0.5) is 5.82 Å². The van der Waals surface area contributed by atoms with Gasteiger partial charge in [-0.3, -0.25) is 4.79 Å². The number of hydrogen-bond acceptors (Lipinski definition) is 4. The van der Waals surface area contributed by atoms with Gasteiger partial charge in [0.1, 0.15) is 11.5 Å². The molecular weight excluding hydrogens is 312 g/mol. The van der Waals surface area contributed by atoms with Gasteiger partial charge >= 0.3 is 0 Å². The van der Waals surface area contributed by atoms with Crippen LogP contribution in [0.2, 0.25) is 0 Å². The van der Waals surface area contributed by atoms with Gasteiger partial charge < -0.3 is 10.2 Å². The summed E-state index contributed by atoms with van der Waals surface area (Å²) in [5, 5.41) is 2.94. The van der Waals surface area contributed by atoms with Crippen molar-refractivity contribution in [2.45, 2.75) is 39.5 Å². The Balaban J connectivity index is 2.32. The second kappa shape index (κ2) is 9.77. The first-order chi connectivity index (χ1) is 12.2. The Hall–Kier alpha value is -2.43. The lowest BCUT2D eigenvalue weighted by atomic mass is 10.2. The topological polar surface area (TPSA) is 58.1 Å². The third-order valence-corrected chi connectivity index (χ3v) is 4.03. The molecule has 5 nitrogen and oxygen atoms in total. The fraction of sp³-hybridized carbons (Fsp3) is 0.450. The Morgan fingerprint density at radius 1 is 1.08 bits per heavy atom. The molecule has 0 spiro atoms. The number of nitrogens with one attached hydrogen (secondary N) is 1. The van der Waals surface area contributed by atoms with E-state index < -0.39 is 0 Å². The summed E-state index contributed by atoms with van der Waals surface area (Å²) in [6, 6.07) is 11.6. The van der Waals surface area contributed by atoms with Gasteiger partial charge in [0.25, 0.3) is 5.91 Å². The first-order valence-corrected chi connectivity index (χ1v) is 9.09. The van der Waals surface area contributed by atoms with Gasteiger partial charge in [-0.1, -0.05) is 57.0 Å². The molecule has 0 atom stereocenters. The summed E-state index contributed by atoms with van der Waals surface area (Å²) in [6.07, 6.45) is 4.21. The van der Waals surface area contributed by atoms with Gasteiger partial charge in [0, 0.05) is 31.8 Å². The van der Waals surface area contributed by atoms with Crippen LogP contribution < -0.4 is 10.2 Å². The fourth-order valence-corrected chi connectivity index (χ4v) is 2.44. The summed E-state index contributed by atoms with van der Waals surface area (Å²) < 4.78 is 0. The molecule has 1 heterocycles. The monoisotopic (exact) mass is 340 g/mol. The van der Waals surface area contributed by atoms with E-state index in [2.05, 4.69) is 34.0 Å². The lowest BCUT2D eigenvalue weighted by Gasteiger charge is -2.19. The zero-order valence-electron chi connectivity index (χ0n) is 15.5. The highest BCUT2D eigenvalue weighted by molar-refractivity contribution is 5.93. The molecule has 134 valence electrons. The molecule has 25 heavy (non-hydrogen) atoms. The maximum Gasteiger partial charge on any atom is 0.270 e. The van der Waals surface area contributed by atoms with Gasteiger partial charge in [0.05, 0.1) is 0 Å². The van der Waals surface area contributed by atoms with Crippen LogP contribution >= 0.6 is 0 Å². The highest BCUT2D eigenvalue weighted by Crippen LogP contribution is 2.20. The molecule has 0 fully saturated rings. The molecule has 0 saturated heterocycles. The van der Waals surface area contributed by atoms with E-state index in [0.29, 0.717) is 18.1 Å². The van der Waals surface area contributed by atoms with Crippen LogP contribution in [-0.2, 0) is 0 Å². The molecular formula is C20H28N4O. The van der Waals surface area contributed by atoms with Crippen LogP contribution in [0.5, 0.6) is 0 Å². The van der Waals surface area contributed by atoms with Crippen LogP contribution in [0.25, 0.3) is 11.4 Å². The second-order valence-electron chi connectivity index (χ2n) is 6.19. The van der Waals surface area contributed by atoms with E-state index in [1.54, 1.807) is 6.07 Å². The van der Waals surface area contributed by atoms with E-state index in [0.717, 1.165) is 43.6 Å². The van der Waals surface area contributed by atoms with Gasteiger partial charge in [-0.25, -0.2) is 9.97 Å². The average molecular weight is 340 g/mol. The SMILES string of the molecule is CCCCNC(=O)c1cc(N(C)CCCC)nc(-c2ccccc2)n1. The van der Waals surface area contributed by atoms with Gasteiger partial charge in [-0.2, -0.15) is 0 Å². The summed E-state index contributed by atoms with van der Waals surface area (Å²) >= 11 is 0. The number of unbranched alkanes of at least 4 members (excludes halogenated alkanes) is 2. The Labute approximate surface area is 150 Å². The Kier molecular flexibility index (Phi) is 7.38. The van der Waals surface area contributed by atoms with Crippen molar-refractivity contribution in [3.63, 3.8) is 0 Å². The Morgan fingerprint density at radius 2 is 1.80 bits per heavy atom. The van der Waals surface area contributed by atoms with Crippen molar-refractivity contribution in [3.05, 3.63) is 42.1 Å². The fourth-order valence-electron chi connectivity index (χ4n) is 2.44. The number of rotatable bonds is 9. The Bertz CT molecular complexity index is 673. The minimum Gasteiger partial charge on any atom is -0.360 e. The van der Waals surface area contributed by atoms with Crippen molar-refractivity contribution in [2.75, 3.05) is 25.0 Å². The number of carbonyl (C=O) groups is 1. The van der Waals surface area contributed by atoms with E-state index in [1.807, 2.05) is 37.4 Å². The van der Waals surface area contributed by atoms with Crippen molar-refractivity contribution in [1.82, 2.24) is 15.3 Å². The molecule has 0 unspecified atom stereocenters. The first-order valence-electron chi connectivity index (χ1n) is 9.09. The average Bonchev–Trinajstić information content (AvgIpc) is 2.66. The van der Waals surface area contributed by atoms with Gasteiger partial charge in [0.2, 0.25) is 0 Å². The number of benzene rings is 1. The molecule has 1 aromatic carbocycles. The zero-order valence-corrected chi connectivity index (χ0v) is 15.5. The molecule has 0 saturated carbocycles. The molecule has 0 aliphatic heterocycles. The minimum absolute atomic E-state index is 0.141. The lowest BCUT2D eigenvalue weighted by Crippen LogP contribution is -2.27. The molecule has 2 aromatic rings. The molecule has 0 aliphatic carbocycles. The molecule has 1 amide bonds. The van der Waals surface area contributed by atoms with Crippen molar-refractivity contribution in [3.8, 4) is 11.4 Å². The normalized spacial score (nSPS) is 10.5. The molecule has 5 heteroatoms. The van der Waals surface area contributed by atoms with Crippen molar-refractivity contribution < 1.29 is 4.79 Å². The van der Waals surface area contributed by atoms with E-state index in [1.165, 1.54) is 0 Å². The van der Waals surface area contributed by atoms with E-state index >= 15 is 0 Å². The maximum atomic E-state index is 12.5. The summed E-state index contributed by atoms with van der Waals surface area (Å²) in [7, 11) is 2.01. The minimum atomic E-state index is -0.141. The van der Waals surface area contributed by atoms with Crippen LogP contribution in [-0.4, -0.2) is 36.0 Å². The highest BCUT2D eigenvalue weighted by atomic mass is 16.1. The van der Waals surface area contributed by atoms with Gasteiger partial charge in [0.15, 0.2) is 5.82 Å². The molecule has 0 radical (unpaired) electrons. The van der Waals surface area contributed by atoms with E-state index in [-0.39, 0.29) is 5.91 Å². The van der Waals surface area contributed by atoms with Crippen molar-refractivity contribution in [1.29, 1.82) is 0 Å². The lowest BCUT2D eigenvalue weighted by molar-refractivity contribution is 0.0948. The highest BCUT2D eigenvalue weighted by Gasteiger charge is 2.14. The van der Waals surface area contributed by atoms with Gasteiger partial charge in [-0.05, 0) is 12.8 Å². The predicted molar refractivity (Wildman–Crippen MR) is 103 cm³/mol. The molecule has 0 aliphatic rings. The number of anilines is 1. The van der Waals surface area contributed by atoms with Crippen molar-refractivity contribution in [2.24, 2.45) is 0 Å². The van der Waals surface area contributed by atoms with Crippen molar-refractivity contribution >= 4 is 11.7 Å². The third kappa shape index (κ3) is 5.55. The summed E-state index contributed by atoms with van der Waals surface area (Å²) in [6.45, 7) is 5.83. The van der Waals surface area contributed by atoms with Crippen LogP contribution in [0, 0.1) is 0 Å². The second-order valence-corrected chi connectivity index (χ2v) is 6.19. The smallest absolute Gasteiger partial charge is 0.270 e. The number of hydrogen-bond donors (Lipinski definition) is 1. The molecule has 0 bridgehead atoms. The summed E-state index contributed by atoms with van der Waals surface area (Å²) in [5.74, 6) is 1.23. The van der Waals surface area contributed by atoms with Crippen LogP contribution in [0.15, 0.2) is 36.4 Å². The number of amides is 1. The largest absolute Gasteiger partial charge is 0.360 e. The quantitative estimate of drug-likeness (QED) is 0.703. The number of carbonyl (C=O) groups excluding carboxylic acids is 1. The van der Waals surface area contributed by atoms with Crippen LogP contribution in [0.3, 0.4) is 0 Å². The van der Waals surface area contributed by atoms with E-state index in [9.17, 15) is 4.79 Å². The van der Waals surface area contributed by atoms with Crippen LogP contribution in [0.1, 0.15) is 50.0 Å². The third-order valence-electron chi connectivity index (χ3n) is 4.03. The molecule has 1 aromatic heterocycles. The zero-order chi connectivity index (χ0) is 18.1. The summed E-state index contributed by atoms with van der Waals surface area (Å²) in [4.78, 5) is 23.7. The maximum absolute atomic E-state index is 12.5. The first kappa shape index (κ1) is 18.9. The predicted octanol–water partition coefficient (Wildman–Crippen LogP) is 3.91. The summed E-state index contributed by atoms with van der Waals surface area (Å²) in [5.41, 5.74) is 1.33. The molecule has 2 rings (SSSR count). The Morgan fingerprint density at radius 3 is 2.48 bits per heavy atom. The van der Waals surface area contributed by atoms with E-state index in [4.69, 9.17) is 0 Å². The molecule has 1 N–H and O–H groups in total. The number of aromatic nitrogens is 2. The van der Waals surface area contributed by atoms with Gasteiger partial charge in [-0.15, -0.1) is 0 Å². The number of nitrogens with zero attached hydrogens (tertiary/aromatic N) is 3. The standard InChI is InChI=1S/C20H28N4O/c1-4-6-13-21-20(25)17-15-18(24(3)14-7-5-2)23-19(22-17)16-11-9-8-10-12-16/h8-12,15H,4-7,13-14H2,1-3H3,(H,21,25).